The lowest BCUT2D eigenvalue weighted by atomic mass is 10.0. The molecule has 2 fully saturated rings. The second-order valence-corrected chi connectivity index (χ2v) is 8.60. The predicted molar refractivity (Wildman–Crippen MR) is 102 cm³/mol. The number of anilines is 2. The molecule has 3 heterocycles. The molecular formula is C19H23N3O4S. The normalized spacial score (nSPS) is 19.4. The molecule has 0 bridgehead atoms. The van der Waals surface area contributed by atoms with Gasteiger partial charge in [-0.15, -0.1) is 0 Å². The minimum Gasteiger partial charge on any atom is -0.356 e. The molecule has 144 valence electrons. The van der Waals surface area contributed by atoms with E-state index in [1.165, 1.54) is 0 Å². The van der Waals surface area contributed by atoms with Gasteiger partial charge in [0.15, 0.2) is 5.79 Å². The van der Waals surface area contributed by atoms with Gasteiger partial charge in [0.25, 0.3) is 10.0 Å². The fourth-order valence-electron chi connectivity index (χ4n) is 3.49. The molecule has 27 heavy (non-hydrogen) atoms. The van der Waals surface area contributed by atoms with Gasteiger partial charge in [0.2, 0.25) is 0 Å². The van der Waals surface area contributed by atoms with Crippen LogP contribution in [0, 0.1) is 6.92 Å². The summed E-state index contributed by atoms with van der Waals surface area (Å²) in [6, 6.07) is 10.4. The highest BCUT2D eigenvalue weighted by Crippen LogP contribution is 2.32. The van der Waals surface area contributed by atoms with Crippen LogP contribution in [0.25, 0.3) is 0 Å². The number of nitrogens with zero attached hydrogens (tertiary/aromatic N) is 2. The van der Waals surface area contributed by atoms with Gasteiger partial charge in [0, 0.05) is 25.9 Å². The van der Waals surface area contributed by atoms with Crippen molar-refractivity contribution in [2.24, 2.45) is 0 Å². The summed E-state index contributed by atoms with van der Waals surface area (Å²) in [5, 5.41) is 0. The molecule has 0 radical (unpaired) electrons. The number of ether oxygens (including phenoxy) is 2. The van der Waals surface area contributed by atoms with Gasteiger partial charge < -0.3 is 14.4 Å². The van der Waals surface area contributed by atoms with Crippen LogP contribution in [0.2, 0.25) is 0 Å². The van der Waals surface area contributed by atoms with Crippen LogP contribution in [0.4, 0.5) is 11.5 Å². The number of aryl methyl sites for hydroxylation is 1. The average Bonchev–Trinajstić information content (AvgIpc) is 3.11. The molecular weight excluding hydrogens is 366 g/mol. The van der Waals surface area contributed by atoms with Gasteiger partial charge in [0.05, 0.1) is 30.0 Å². The van der Waals surface area contributed by atoms with Gasteiger partial charge in [-0.3, -0.25) is 4.72 Å². The first-order valence-electron chi connectivity index (χ1n) is 9.04. The van der Waals surface area contributed by atoms with Crippen LogP contribution in [-0.4, -0.2) is 45.5 Å². The van der Waals surface area contributed by atoms with Crippen LogP contribution >= 0.6 is 0 Å². The van der Waals surface area contributed by atoms with Crippen molar-refractivity contribution >= 4 is 21.5 Å². The zero-order chi connectivity index (χ0) is 18.9. The molecule has 0 aliphatic carbocycles. The molecule has 0 unspecified atom stereocenters. The van der Waals surface area contributed by atoms with Gasteiger partial charge in [-0.25, -0.2) is 13.4 Å². The van der Waals surface area contributed by atoms with Crippen LogP contribution in [0.1, 0.15) is 18.4 Å². The van der Waals surface area contributed by atoms with Crippen molar-refractivity contribution in [1.82, 2.24) is 4.98 Å². The number of nitrogens with one attached hydrogen (secondary N) is 1. The van der Waals surface area contributed by atoms with Gasteiger partial charge in [-0.1, -0.05) is 12.1 Å². The molecule has 0 atom stereocenters. The van der Waals surface area contributed by atoms with E-state index in [1.807, 2.05) is 19.1 Å². The van der Waals surface area contributed by atoms with E-state index in [4.69, 9.17) is 9.47 Å². The molecule has 1 aromatic heterocycles. The van der Waals surface area contributed by atoms with E-state index in [1.54, 1.807) is 30.5 Å². The largest absolute Gasteiger partial charge is 0.356 e. The maximum Gasteiger partial charge on any atom is 0.261 e. The summed E-state index contributed by atoms with van der Waals surface area (Å²) in [5.74, 6) is 0.404. The summed E-state index contributed by atoms with van der Waals surface area (Å²) < 4.78 is 39.1. The first-order valence-corrected chi connectivity index (χ1v) is 10.5. The second-order valence-electron chi connectivity index (χ2n) is 6.92. The fraction of sp³-hybridized carbons (Fsp3) is 0.421. The number of hydrogen-bond donors (Lipinski definition) is 1. The fourth-order valence-corrected chi connectivity index (χ4v) is 4.64. The minimum atomic E-state index is -3.63. The van der Waals surface area contributed by atoms with E-state index in [2.05, 4.69) is 14.6 Å². The van der Waals surface area contributed by atoms with Crippen molar-refractivity contribution in [2.75, 3.05) is 35.9 Å². The highest BCUT2D eigenvalue weighted by Gasteiger charge is 2.40. The Kier molecular flexibility index (Phi) is 4.79. The van der Waals surface area contributed by atoms with E-state index in [9.17, 15) is 8.42 Å². The molecule has 1 aromatic carbocycles. The zero-order valence-corrected chi connectivity index (χ0v) is 16.0. The predicted octanol–water partition coefficient (Wildman–Crippen LogP) is 2.53. The molecule has 0 saturated carbocycles. The summed E-state index contributed by atoms with van der Waals surface area (Å²) in [7, 11) is -3.63. The van der Waals surface area contributed by atoms with E-state index in [0.717, 1.165) is 37.3 Å². The highest BCUT2D eigenvalue weighted by atomic mass is 32.2. The first-order chi connectivity index (χ1) is 13.0. The lowest BCUT2D eigenvalue weighted by Gasteiger charge is -2.38. The Morgan fingerprint density at radius 2 is 1.85 bits per heavy atom. The third-order valence-corrected chi connectivity index (χ3v) is 6.34. The van der Waals surface area contributed by atoms with Crippen LogP contribution in [0.3, 0.4) is 0 Å². The molecule has 1 spiro atoms. The Balaban J connectivity index is 1.42. The molecule has 2 saturated heterocycles. The van der Waals surface area contributed by atoms with Crippen LogP contribution < -0.4 is 9.62 Å². The van der Waals surface area contributed by atoms with Crippen LogP contribution in [-0.2, 0) is 19.5 Å². The molecule has 2 aliphatic rings. The Morgan fingerprint density at radius 1 is 1.11 bits per heavy atom. The molecule has 2 aliphatic heterocycles. The smallest absolute Gasteiger partial charge is 0.261 e. The molecule has 2 aromatic rings. The standard InChI is InChI=1S/C19H23N3O4S/c1-15-3-2-4-17(13-15)27(23,24)21-16-5-6-18(20-14-16)22-9-7-19(8-10-22)25-11-12-26-19/h2-6,13-14,21H,7-12H2,1H3. The number of sulfonamides is 1. The zero-order valence-electron chi connectivity index (χ0n) is 15.2. The molecule has 1 N–H and O–H groups in total. The Hall–Kier alpha value is -2.16. The van der Waals surface area contributed by atoms with Crippen LogP contribution in [0.5, 0.6) is 0 Å². The molecule has 0 amide bonds. The number of aromatic nitrogens is 1. The Labute approximate surface area is 159 Å². The van der Waals surface area contributed by atoms with Gasteiger partial charge in [0.1, 0.15) is 5.82 Å². The van der Waals surface area contributed by atoms with Crippen LogP contribution in [0.15, 0.2) is 47.5 Å². The van der Waals surface area contributed by atoms with E-state index < -0.39 is 15.8 Å². The molecule has 8 heteroatoms. The summed E-state index contributed by atoms with van der Waals surface area (Å²) in [4.78, 5) is 6.83. The molecule has 4 rings (SSSR count). The summed E-state index contributed by atoms with van der Waals surface area (Å²) in [5.41, 5.74) is 1.33. The highest BCUT2D eigenvalue weighted by molar-refractivity contribution is 7.92. The molecule has 7 nitrogen and oxygen atoms in total. The monoisotopic (exact) mass is 389 g/mol. The van der Waals surface area contributed by atoms with E-state index >= 15 is 0 Å². The maximum absolute atomic E-state index is 12.5. The van der Waals surface area contributed by atoms with Crippen molar-refractivity contribution < 1.29 is 17.9 Å². The van der Waals surface area contributed by atoms with E-state index in [0.29, 0.717) is 18.9 Å². The maximum atomic E-state index is 12.5. The minimum absolute atomic E-state index is 0.240. The summed E-state index contributed by atoms with van der Waals surface area (Å²) in [6.45, 7) is 4.77. The lowest BCUT2D eigenvalue weighted by Crippen LogP contribution is -2.45. The van der Waals surface area contributed by atoms with Crippen molar-refractivity contribution in [3.05, 3.63) is 48.2 Å². The topological polar surface area (TPSA) is 80.8 Å². The number of piperidine rings is 1. The Morgan fingerprint density at radius 3 is 2.48 bits per heavy atom. The SMILES string of the molecule is Cc1cccc(S(=O)(=O)Nc2ccc(N3CCC4(CC3)OCCO4)nc2)c1. The van der Waals surface area contributed by atoms with Crippen molar-refractivity contribution in [2.45, 2.75) is 30.4 Å². The van der Waals surface area contributed by atoms with Gasteiger partial charge in [-0.2, -0.15) is 0 Å². The quantitative estimate of drug-likeness (QED) is 0.866. The average molecular weight is 389 g/mol. The summed E-state index contributed by atoms with van der Waals surface area (Å²) in [6.07, 6.45) is 3.16. The van der Waals surface area contributed by atoms with Crippen molar-refractivity contribution in [3.8, 4) is 0 Å². The first kappa shape index (κ1) is 18.2. The van der Waals surface area contributed by atoms with E-state index in [-0.39, 0.29) is 4.90 Å². The third-order valence-electron chi connectivity index (χ3n) is 4.96. The number of pyridine rings is 1. The number of rotatable bonds is 4. The number of hydrogen-bond acceptors (Lipinski definition) is 6. The third kappa shape index (κ3) is 3.92. The Bertz CT molecular complexity index is 899. The van der Waals surface area contributed by atoms with Crippen molar-refractivity contribution in [1.29, 1.82) is 0 Å². The van der Waals surface area contributed by atoms with Gasteiger partial charge in [-0.05, 0) is 36.8 Å². The second kappa shape index (κ2) is 7.10. The van der Waals surface area contributed by atoms with Gasteiger partial charge >= 0.3 is 0 Å². The summed E-state index contributed by atoms with van der Waals surface area (Å²) >= 11 is 0. The number of benzene rings is 1. The van der Waals surface area contributed by atoms with Crippen molar-refractivity contribution in [3.63, 3.8) is 0 Å². The lowest BCUT2D eigenvalue weighted by molar-refractivity contribution is -0.169.